The minimum Gasteiger partial charge on any atom is -0.354 e. The third kappa shape index (κ3) is 4.58. The lowest BCUT2D eigenvalue weighted by Gasteiger charge is -2.11. The Kier molecular flexibility index (Phi) is 5.31. The molecule has 0 fully saturated rings. The molecule has 1 amide bonds. The van der Waals surface area contributed by atoms with Crippen LogP contribution < -0.4 is 10.6 Å². The Bertz CT molecular complexity index is 995. The van der Waals surface area contributed by atoms with Gasteiger partial charge >= 0.3 is 0 Å². The number of amides is 1. The molecular formula is C22H21N3O2. The molecule has 2 aromatic carbocycles. The number of carbonyl (C=O) groups is 2. The fraction of sp³-hybridized carbons (Fsp3) is 0.136. The maximum absolute atomic E-state index is 12.4. The minimum atomic E-state index is -0.325. The molecule has 0 saturated heterocycles. The van der Waals surface area contributed by atoms with Crippen LogP contribution in [0.5, 0.6) is 0 Å². The maximum Gasteiger partial charge on any atom is 0.274 e. The second kappa shape index (κ2) is 7.83. The van der Waals surface area contributed by atoms with Crippen LogP contribution in [0.1, 0.15) is 38.9 Å². The van der Waals surface area contributed by atoms with Crippen molar-refractivity contribution in [3.63, 3.8) is 0 Å². The van der Waals surface area contributed by atoms with E-state index in [9.17, 15) is 9.59 Å². The zero-order valence-corrected chi connectivity index (χ0v) is 15.5. The van der Waals surface area contributed by atoms with Crippen molar-refractivity contribution in [2.45, 2.75) is 20.8 Å². The van der Waals surface area contributed by atoms with Gasteiger partial charge in [0, 0.05) is 16.9 Å². The summed E-state index contributed by atoms with van der Waals surface area (Å²) >= 11 is 0. The Morgan fingerprint density at radius 3 is 2.44 bits per heavy atom. The highest BCUT2D eigenvalue weighted by molar-refractivity contribution is 6.04. The third-order valence-electron chi connectivity index (χ3n) is 4.20. The number of nitrogens with one attached hydrogen (secondary N) is 2. The number of aryl methyl sites for hydroxylation is 2. The molecule has 27 heavy (non-hydrogen) atoms. The van der Waals surface area contributed by atoms with Crippen molar-refractivity contribution in [2.24, 2.45) is 0 Å². The van der Waals surface area contributed by atoms with Crippen LogP contribution in [0, 0.1) is 13.8 Å². The normalized spacial score (nSPS) is 10.3. The number of hydrogen-bond donors (Lipinski definition) is 2. The van der Waals surface area contributed by atoms with Gasteiger partial charge in [0.15, 0.2) is 5.78 Å². The van der Waals surface area contributed by atoms with Gasteiger partial charge in [0.25, 0.3) is 5.91 Å². The number of benzene rings is 2. The van der Waals surface area contributed by atoms with Crippen LogP contribution in [0.2, 0.25) is 0 Å². The van der Waals surface area contributed by atoms with Crippen LogP contribution in [-0.2, 0) is 0 Å². The lowest BCUT2D eigenvalue weighted by Crippen LogP contribution is -2.14. The number of nitrogens with zero attached hydrogens (tertiary/aromatic N) is 1. The van der Waals surface area contributed by atoms with Crippen molar-refractivity contribution in [1.29, 1.82) is 0 Å². The quantitative estimate of drug-likeness (QED) is 0.636. The minimum absolute atomic E-state index is 0.0499. The molecule has 3 aromatic rings. The number of anilines is 3. The van der Waals surface area contributed by atoms with Gasteiger partial charge in [-0.2, -0.15) is 0 Å². The fourth-order valence-electron chi connectivity index (χ4n) is 2.64. The largest absolute Gasteiger partial charge is 0.354 e. The molecule has 3 rings (SSSR count). The number of aromatic nitrogens is 1. The molecule has 0 bridgehead atoms. The molecule has 0 aliphatic heterocycles. The zero-order chi connectivity index (χ0) is 19.4. The Morgan fingerprint density at radius 1 is 0.926 bits per heavy atom. The van der Waals surface area contributed by atoms with Crippen molar-refractivity contribution in [1.82, 2.24) is 4.98 Å². The summed E-state index contributed by atoms with van der Waals surface area (Å²) in [6, 6.07) is 16.5. The highest BCUT2D eigenvalue weighted by Gasteiger charge is 2.09. The number of ketones is 1. The van der Waals surface area contributed by atoms with Gasteiger partial charge in [-0.05, 0) is 62.2 Å². The first-order valence-corrected chi connectivity index (χ1v) is 8.65. The highest BCUT2D eigenvalue weighted by Crippen LogP contribution is 2.21. The molecule has 5 heteroatoms. The first-order chi connectivity index (χ1) is 12.9. The molecule has 5 nitrogen and oxygen atoms in total. The summed E-state index contributed by atoms with van der Waals surface area (Å²) in [5.74, 6) is -0.375. The van der Waals surface area contributed by atoms with Gasteiger partial charge in [0.1, 0.15) is 5.69 Å². The van der Waals surface area contributed by atoms with E-state index in [2.05, 4.69) is 33.8 Å². The molecule has 2 N–H and O–H groups in total. The van der Waals surface area contributed by atoms with Gasteiger partial charge in [-0.1, -0.05) is 24.3 Å². The summed E-state index contributed by atoms with van der Waals surface area (Å²) < 4.78 is 0. The molecule has 0 aliphatic rings. The lowest BCUT2D eigenvalue weighted by atomic mass is 10.1. The van der Waals surface area contributed by atoms with Crippen molar-refractivity contribution in [3.05, 3.63) is 83.2 Å². The summed E-state index contributed by atoms with van der Waals surface area (Å²) in [7, 11) is 0. The SMILES string of the molecule is CC(=O)c1cccc(NC(=O)c2ccc(Nc3cc(C)ccc3C)cn2)c1. The number of rotatable bonds is 5. The summed E-state index contributed by atoms with van der Waals surface area (Å²) in [6.07, 6.45) is 1.63. The van der Waals surface area contributed by atoms with Gasteiger partial charge in [0.05, 0.1) is 11.9 Å². The van der Waals surface area contributed by atoms with Crippen LogP contribution in [0.25, 0.3) is 0 Å². The van der Waals surface area contributed by atoms with E-state index in [0.717, 1.165) is 16.9 Å². The van der Waals surface area contributed by atoms with Crippen molar-refractivity contribution in [2.75, 3.05) is 10.6 Å². The second-order valence-electron chi connectivity index (χ2n) is 6.47. The van der Waals surface area contributed by atoms with E-state index in [1.54, 1.807) is 36.5 Å². The summed E-state index contributed by atoms with van der Waals surface area (Å²) in [5, 5.41) is 6.08. The smallest absolute Gasteiger partial charge is 0.274 e. The van der Waals surface area contributed by atoms with E-state index in [1.807, 2.05) is 19.9 Å². The predicted molar refractivity (Wildman–Crippen MR) is 108 cm³/mol. The second-order valence-corrected chi connectivity index (χ2v) is 6.47. The number of carbonyl (C=O) groups excluding carboxylic acids is 2. The van der Waals surface area contributed by atoms with Gasteiger partial charge in [-0.25, -0.2) is 4.98 Å². The van der Waals surface area contributed by atoms with Crippen LogP contribution in [-0.4, -0.2) is 16.7 Å². The average molecular weight is 359 g/mol. The Labute approximate surface area is 158 Å². The summed E-state index contributed by atoms with van der Waals surface area (Å²) in [6.45, 7) is 5.56. The van der Waals surface area contributed by atoms with Gasteiger partial charge in [-0.3, -0.25) is 9.59 Å². The number of hydrogen-bond acceptors (Lipinski definition) is 4. The predicted octanol–water partition coefficient (Wildman–Crippen LogP) is 4.90. The molecule has 136 valence electrons. The first kappa shape index (κ1) is 18.3. The van der Waals surface area contributed by atoms with Crippen molar-refractivity contribution < 1.29 is 9.59 Å². The Hall–Kier alpha value is -3.47. The van der Waals surface area contributed by atoms with E-state index >= 15 is 0 Å². The van der Waals surface area contributed by atoms with E-state index in [4.69, 9.17) is 0 Å². The van der Waals surface area contributed by atoms with Crippen molar-refractivity contribution in [3.8, 4) is 0 Å². The van der Waals surface area contributed by atoms with Crippen LogP contribution in [0.4, 0.5) is 17.1 Å². The summed E-state index contributed by atoms with van der Waals surface area (Å²) in [5.41, 5.74) is 5.53. The lowest BCUT2D eigenvalue weighted by molar-refractivity contribution is 0.100. The van der Waals surface area contributed by atoms with E-state index in [1.165, 1.54) is 12.5 Å². The molecule has 0 atom stereocenters. The zero-order valence-electron chi connectivity index (χ0n) is 15.5. The Balaban J connectivity index is 1.71. The molecule has 0 spiro atoms. The Morgan fingerprint density at radius 2 is 1.74 bits per heavy atom. The highest BCUT2D eigenvalue weighted by atomic mass is 16.2. The molecule has 0 saturated carbocycles. The molecule has 1 heterocycles. The monoisotopic (exact) mass is 359 g/mol. The van der Waals surface area contributed by atoms with E-state index in [0.29, 0.717) is 16.9 Å². The standard InChI is InChI=1S/C22H21N3O2/c1-14-7-8-15(2)21(11-14)24-19-9-10-20(23-13-19)22(27)25-18-6-4-5-17(12-18)16(3)26/h4-13,24H,1-3H3,(H,25,27). The molecule has 0 unspecified atom stereocenters. The van der Waals surface area contributed by atoms with Gasteiger partial charge in [-0.15, -0.1) is 0 Å². The van der Waals surface area contributed by atoms with Crippen LogP contribution in [0.15, 0.2) is 60.8 Å². The topological polar surface area (TPSA) is 71.1 Å². The van der Waals surface area contributed by atoms with Crippen LogP contribution in [0.3, 0.4) is 0 Å². The van der Waals surface area contributed by atoms with Gasteiger partial charge in [0.2, 0.25) is 0 Å². The molecular weight excluding hydrogens is 338 g/mol. The third-order valence-corrected chi connectivity index (χ3v) is 4.20. The molecule has 0 aliphatic carbocycles. The van der Waals surface area contributed by atoms with Gasteiger partial charge < -0.3 is 10.6 Å². The number of Topliss-reactive ketones (excluding diaryl/α,β-unsaturated/α-hetero) is 1. The summed E-state index contributed by atoms with van der Waals surface area (Å²) in [4.78, 5) is 28.1. The van der Waals surface area contributed by atoms with E-state index in [-0.39, 0.29) is 11.7 Å². The molecule has 0 radical (unpaired) electrons. The van der Waals surface area contributed by atoms with Crippen LogP contribution >= 0.6 is 0 Å². The first-order valence-electron chi connectivity index (χ1n) is 8.65. The van der Waals surface area contributed by atoms with Crippen molar-refractivity contribution >= 4 is 28.8 Å². The van der Waals surface area contributed by atoms with E-state index < -0.39 is 0 Å². The molecule has 1 aromatic heterocycles. The average Bonchev–Trinajstić information content (AvgIpc) is 2.65. The number of pyridine rings is 1. The fourth-order valence-corrected chi connectivity index (χ4v) is 2.64. The maximum atomic E-state index is 12.4.